The van der Waals surface area contributed by atoms with Gasteiger partial charge in [-0.25, -0.2) is 4.39 Å². The van der Waals surface area contributed by atoms with Crippen LogP contribution in [0.3, 0.4) is 0 Å². The van der Waals surface area contributed by atoms with Crippen LogP contribution in [0.1, 0.15) is 18.5 Å². The second kappa shape index (κ2) is 3.72. The first kappa shape index (κ1) is 9.95. The van der Waals surface area contributed by atoms with Gasteiger partial charge in [-0.1, -0.05) is 0 Å². The van der Waals surface area contributed by atoms with Gasteiger partial charge in [-0.3, -0.25) is 0 Å². The molecule has 1 rings (SSSR count). The number of aliphatic hydroxyl groups excluding tert-OH is 1. The van der Waals surface area contributed by atoms with Crippen molar-refractivity contribution in [2.45, 2.75) is 19.1 Å². The number of hydrogen-bond donors (Lipinski definition) is 3. The Balaban J connectivity index is 3.05. The molecule has 72 valence electrons. The minimum absolute atomic E-state index is 0.245. The number of aliphatic hydroxyl groups is 1. The van der Waals surface area contributed by atoms with E-state index in [0.29, 0.717) is 5.69 Å². The zero-order chi connectivity index (χ0) is 10.0. The number of halogens is 1. The molecule has 0 aromatic heterocycles. The third kappa shape index (κ3) is 2.17. The average Bonchev–Trinajstić information content (AvgIpc) is 2.08. The smallest absolute Gasteiger partial charge is 0.128 e. The van der Waals surface area contributed by atoms with E-state index >= 15 is 0 Å². The van der Waals surface area contributed by atoms with Crippen LogP contribution in [0.4, 0.5) is 10.1 Å². The van der Waals surface area contributed by atoms with Crippen LogP contribution in [0.15, 0.2) is 18.2 Å². The van der Waals surface area contributed by atoms with Crippen molar-refractivity contribution in [3.63, 3.8) is 0 Å². The van der Waals surface area contributed by atoms with Crippen LogP contribution in [0.2, 0.25) is 0 Å². The molecule has 0 aliphatic rings. The Bertz CT molecular complexity index is 302. The average molecular weight is 184 g/mol. The highest BCUT2D eigenvalue weighted by Gasteiger charge is 2.16. The quantitative estimate of drug-likeness (QED) is 0.595. The van der Waals surface area contributed by atoms with Crippen LogP contribution >= 0.6 is 0 Å². The van der Waals surface area contributed by atoms with E-state index in [1.54, 1.807) is 0 Å². The van der Waals surface area contributed by atoms with Gasteiger partial charge in [-0.05, 0) is 25.1 Å². The molecule has 5 N–H and O–H groups in total. The van der Waals surface area contributed by atoms with Gasteiger partial charge in [0.05, 0.1) is 12.1 Å². The van der Waals surface area contributed by atoms with Crippen LogP contribution in [-0.4, -0.2) is 11.2 Å². The highest BCUT2D eigenvalue weighted by atomic mass is 19.1. The number of nitrogens with two attached hydrogens (primary N) is 2. The largest absolute Gasteiger partial charge is 0.399 e. The highest BCUT2D eigenvalue weighted by molar-refractivity contribution is 5.42. The van der Waals surface area contributed by atoms with E-state index in [1.165, 1.54) is 25.1 Å². The van der Waals surface area contributed by atoms with Gasteiger partial charge in [0.25, 0.3) is 0 Å². The maximum atomic E-state index is 13.1. The van der Waals surface area contributed by atoms with Crippen molar-refractivity contribution in [1.82, 2.24) is 0 Å². The highest BCUT2D eigenvalue weighted by Crippen LogP contribution is 2.20. The zero-order valence-electron chi connectivity index (χ0n) is 7.37. The molecule has 0 aliphatic carbocycles. The van der Waals surface area contributed by atoms with Crippen molar-refractivity contribution in [3.8, 4) is 0 Å². The first-order valence-corrected chi connectivity index (χ1v) is 4.01. The van der Waals surface area contributed by atoms with Crippen molar-refractivity contribution < 1.29 is 9.50 Å². The van der Waals surface area contributed by atoms with Gasteiger partial charge in [0, 0.05) is 11.3 Å². The molecule has 4 heteroatoms. The van der Waals surface area contributed by atoms with Gasteiger partial charge in [0.15, 0.2) is 0 Å². The van der Waals surface area contributed by atoms with Crippen molar-refractivity contribution in [1.29, 1.82) is 0 Å². The van der Waals surface area contributed by atoms with Crippen LogP contribution in [-0.2, 0) is 0 Å². The normalized spacial score (nSPS) is 15.4. The summed E-state index contributed by atoms with van der Waals surface area (Å²) in [5.74, 6) is -0.442. The molecule has 3 nitrogen and oxygen atoms in total. The molecule has 0 radical (unpaired) electrons. The standard InChI is InChI=1S/C9H13FN2O/c1-5(13)9(12)7-4-6(11)2-3-8(7)10/h2-5,9,13H,11-12H2,1H3/t5-,9+/m0/s1. The molecule has 0 fully saturated rings. The summed E-state index contributed by atoms with van der Waals surface area (Å²) >= 11 is 0. The Hall–Kier alpha value is -1.13. The van der Waals surface area contributed by atoms with Crippen molar-refractivity contribution >= 4 is 5.69 Å². The third-order valence-corrected chi connectivity index (χ3v) is 1.90. The summed E-state index contributed by atoms with van der Waals surface area (Å²) in [6.07, 6.45) is -0.795. The fourth-order valence-corrected chi connectivity index (χ4v) is 1.08. The second-order valence-corrected chi connectivity index (χ2v) is 3.05. The minimum atomic E-state index is -0.795. The summed E-state index contributed by atoms with van der Waals surface area (Å²) in [6.45, 7) is 1.51. The first-order chi connectivity index (χ1) is 6.02. The van der Waals surface area contributed by atoms with E-state index in [-0.39, 0.29) is 5.56 Å². The topological polar surface area (TPSA) is 72.3 Å². The number of rotatable bonds is 2. The van der Waals surface area contributed by atoms with Crippen LogP contribution in [0.25, 0.3) is 0 Å². The third-order valence-electron chi connectivity index (χ3n) is 1.90. The van der Waals surface area contributed by atoms with Crippen molar-refractivity contribution in [2.24, 2.45) is 5.73 Å². The van der Waals surface area contributed by atoms with Gasteiger partial charge in [0.2, 0.25) is 0 Å². The molecule has 1 aromatic carbocycles. The Morgan fingerprint density at radius 1 is 1.46 bits per heavy atom. The van der Waals surface area contributed by atoms with E-state index in [0.717, 1.165) is 0 Å². The maximum absolute atomic E-state index is 13.1. The Kier molecular flexibility index (Phi) is 2.85. The lowest BCUT2D eigenvalue weighted by atomic mass is 10.0. The molecule has 0 unspecified atom stereocenters. The van der Waals surface area contributed by atoms with E-state index in [1.807, 2.05) is 0 Å². The molecular weight excluding hydrogens is 171 g/mol. The summed E-state index contributed by atoms with van der Waals surface area (Å²) in [5, 5.41) is 9.16. The Morgan fingerprint density at radius 2 is 2.08 bits per heavy atom. The van der Waals surface area contributed by atoms with E-state index in [4.69, 9.17) is 16.6 Å². The minimum Gasteiger partial charge on any atom is -0.399 e. The SMILES string of the molecule is C[C@H](O)[C@@H](N)c1cc(N)ccc1F. The maximum Gasteiger partial charge on any atom is 0.128 e. The molecule has 2 atom stereocenters. The Morgan fingerprint density at radius 3 is 2.62 bits per heavy atom. The lowest BCUT2D eigenvalue weighted by molar-refractivity contribution is 0.162. The fourth-order valence-electron chi connectivity index (χ4n) is 1.08. The van der Waals surface area contributed by atoms with Crippen LogP contribution in [0.5, 0.6) is 0 Å². The lowest BCUT2D eigenvalue weighted by Gasteiger charge is -2.16. The first-order valence-electron chi connectivity index (χ1n) is 4.01. The molecule has 1 aromatic rings. The molecule has 0 saturated heterocycles. The summed E-state index contributed by atoms with van der Waals surface area (Å²) in [4.78, 5) is 0. The number of hydrogen-bond acceptors (Lipinski definition) is 3. The van der Waals surface area contributed by atoms with E-state index in [9.17, 15) is 4.39 Å². The van der Waals surface area contributed by atoms with Gasteiger partial charge < -0.3 is 16.6 Å². The summed E-state index contributed by atoms with van der Waals surface area (Å²) < 4.78 is 13.1. The Labute approximate surface area is 76.2 Å². The van der Waals surface area contributed by atoms with Crippen LogP contribution in [0, 0.1) is 5.82 Å². The molecule has 0 spiro atoms. The van der Waals surface area contributed by atoms with Gasteiger partial charge >= 0.3 is 0 Å². The van der Waals surface area contributed by atoms with E-state index in [2.05, 4.69) is 0 Å². The monoisotopic (exact) mass is 184 g/mol. The molecular formula is C9H13FN2O. The molecule has 0 bridgehead atoms. The molecule has 0 aliphatic heterocycles. The predicted molar refractivity (Wildman–Crippen MR) is 49.4 cm³/mol. The van der Waals surface area contributed by atoms with E-state index < -0.39 is 18.0 Å². The molecule has 13 heavy (non-hydrogen) atoms. The zero-order valence-corrected chi connectivity index (χ0v) is 7.37. The molecule has 0 amide bonds. The van der Waals surface area contributed by atoms with Crippen LogP contribution < -0.4 is 11.5 Å². The lowest BCUT2D eigenvalue weighted by Crippen LogP contribution is -2.24. The predicted octanol–water partition coefficient (Wildman–Crippen LogP) is 0.788. The van der Waals surface area contributed by atoms with Gasteiger partial charge in [-0.15, -0.1) is 0 Å². The molecule has 0 heterocycles. The second-order valence-electron chi connectivity index (χ2n) is 3.05. The number of benzene rings is 1. The summed E-state index contributed by atoms with van der Waals surface area (Å²) in [7, 11) is 0. The van der Waals surface area contributed by atoms with Crippen molar-refractivity contribution in [2.75, 3.05) is 5.73 Å². The van der Waals surface area contributed by atoms with Crippen molar-refractivity contribution in [3.05, 3.63) is 29.6 Å². The van der Waals surface area contributed by atoms with Gasteiger partial charge in [-0.2, -0.15) is 0 Å². The summed E-state index contributed by atoms with van der Waals surface area (Å²) in [6, 6.07) is 3.40. The number of nitrogen functional groups attached to an aromatic ring is 1. The molecule has 0 saturated carbocycles. The summed E-state index contributed by atoms with van der Waals surface area (Å²) in [5.41, 5.74) is 11.7. The van der Waals surface area contributed by atoms with Gasteiger partial charge in [0.1, 0.15) is 5.82 Å². The fraction of sp³-hybridized carbons (Fsp3) is 0.333. The number of anilines is 1.